The van der Waals surface area contributed by atoms with Crippen LogP contribution in [-0.4, -0.2) is 12.7 Å². The van der Waals surface area contributed by atoms with Crippen LogP contribution in [0.2, 0.25) is 0 Å². The van der Waals surface area contributed by atoms with Crippen molar-refractivity contribution in [3.8, 4) is 0 Å². The molecule has 0 saturated heterocycles. The molecule has 0 heterocycles. The van der Waals surface area contributed by atoms with E-state index < -0.39 is 0 Å². The van der Waals surface area contributed by atoms with Gasteiger partial charge in [0.05, 0.1) is 12.7 Å². The molecule has 1 nitrogen and oxygen atoms in total. The zero-order chi connectivity index (χ0) is 19.7. The number of ether oxygens (including phenoxy) is 1. The minimum atomic E-state index is -0.294. The van der Waals surface area contributed by atoms with Crippen LogP contribution in [0.25, 0.3) is 0 Å². The molecule has 0 radical (unpaired) electrons. The van der Waals surface area contributed by atoms with Crippen molar-refractivity contribution in [3.63, 3.8) is 0 Å². The average molecular weight is 389 g/mol. The van der Waals surface area contributed by atoms with Gasteiger partial charge in [0.25, 0.3) is 0 Å². The van der Waals surface area contributed by atoms with Crippen LogP contribution < -0.4 is 0 Å². The predicted molar refractivity (Wildman–Crippen MR) is 110 cm³/mol. The van der Waals surface area contributed by atoms with Gasteiger partial charge in [0.15, 0.2) is 0 Å². The van der Waals surface area contributed by atoms with Gasteiger partial charge in [-0.25, -0.2) is 8.78 Å². The first-order chi connectivity index (χ1) is 13.6. The van der Waals surface area contributed by atoms with Crippen molar-refractivity contribution in [2.24, 2.45) is 17.8 Å². The molecule has 0 N–H and O–H groups in total. The summed E-state index contributed by atoms with van der Waals surface area (Å²) in [6, 6.07) is 1.65. The van der Waals surface area contributed by atoms with Crippen LogP contribution in [0.15, 0.2) is 18.2 Å². The molecular weight excluding hydrogens is 354 g/mol. The molecule has 0 aliphatic heterocycles. The van der Waals surface area contributed by atoms with Crippen LogP contribution >= 0.6 is 0 Å². The lowest BCUT2D eigenvalue weighted by molar-refractivity contribution is -0.00351. The normalized spacial score (nSPS) is 32.9. The molecule has 154 valence electrons. The summed E-state index contributed by atoms with van der Waals surface area (Å²) >= 11 is 0. The summed E-state index contributed by atoms with van der Waals surface area (Å²) in [5.41, 5.74) is 2.11. The van der Waals surface area contributed by atoms with Crippen molar-refractivity contribution < 1.29 is 13.5 Å². The third-order valence-corrected chi connectivity index (χ3v) is 7.54. The maximum Gasteiger partial charge on any atom is 0.133 e. The van der Waals surface area contributed by atoms with Gasteiger partial charge in [0.2, 0.25) is 0 Å². The van der Waals surface area contributed by atoms with E-state index in [4.69, 9.17) is 4.74 Å². The van der Waals surface area contributed by atoms with Gasteiger partial charge in [0.1, 0.15) is 11.6 Å². The van der Waals surface area contributed by atoms with Crippen LogP contribution in [-0.2, 0) is 17.6 Å². The Bertz CT molecular complexity index is 726. The predicted octanol–water partition coefficient (Wildman–Crippen LogP) is 6.73. The largest absolute Gasteiger partial charge is 0.374 e. The van der Waals surface area contributed by atoms with Crippen molar-refractivity contribution >= 4 is 0 Å². The first kappa shape index (κ1) is 20.1. The lowest BCUT2D eigenvalue weighted by atomic mass is 9.65. The highest BCUT2D eigenvalue weighted by Gasteiger charge is 2.38. The SMILES string of the molecule is C/C=C/COC1CCC2CC(c3c(F)cc4c(c3F)CCC(C)C4)CCC2C1. The topological polar surface area (TPSA) is 9.23 Å². The quantitative estimate of drug-likeness (QED) is 0.519. The second kappa shape index (κ2) is 8.65. The standard InChI is InChI=1S/C25H34F2O/c1-3-4-11-28-21-9-8-17-13-19(7-6-18(17)14-21)24-23(26)15-20-12-16(2)5-10-22(20)25(24)27/h3-4,15-19,21H,5-14H2,1-2H3/b4-3+. The van der Waals surface area contributed by atoms with E-state index in [1.807, 2.05) is 13.0 Å². The molecule has 3 heteroatoms. The van der Waals surface area contributed by atoms with E-state index in [0.29, 0.717) is 36.0 Å². The number of halogens is 2. The summed E-state index contributed by atoms with van der Waals surface area (Å²) in [5.74, 6) is 1.32. The Hall–Kier alpha value is -1.22. The first-order valence-corrected chi connectivity index (χ1v) is 11.3. The second-order valence-corrected chi connectivity index (χ2v) is 9.44. The highest BCUT2D eigenvalue weighted by atomic mass is 19.1. The fourth-order valence-electron chi connectivity index (χ4n) is 5.97. The number of benzene rings is 1. The van der Waals surface area contributed by atoms with Crippen LogP contribution in [0.1, 0.15) is 81.4 Å². The number of hydrogen-bond acceptors (Lipinski definition) is 1. The Morgan fingerprint density at radius 3 is 2.68 bits per heavy atom. The van der Waals surface area contributed by atoms with Gasteiger partial charge in [0, 0.05) is 5.56 Å². The fourth-order valence-corrected chi connectivity index (χ4v) is 5.97. The molecule has 0 bridgehead atoms. The third-order valence-electron chi connectivity index (χ3n) is 7.54. The van der Waals surface area contributed by atoms with Gasteiger partial charge in [-0.1, -0.05) is 19.1 Å². The molecule has 1 aromatic rings. The highest BCUT2D eigenvalue weighted by Crippen LogP contribution is 2.48. The number of hydrogen-bond donors (Lipinski definition) is 0. The smallest absolute Gasteiger partial charge is 0.133 e. The third kappa shape index (κ3) is 4.06. The van der Waals surface area contributed by atoms with Gasteiger partial charge in [-0.15, -0.1) is 0 Å². The molecule has 5 unspecified atom stereocenters. The molecule has 0 amide bonds. The Kier molecular flexibility index (Phi) is 6.20. The second-order valence-electron chi connectivity index (χ2n) is 9.44. The van der Waals surface area contributed by atoms with E-state index in [-0.39, 0.29) is 17.6 Å². The number of fused-ring (bicyclic) bond motifs is 2. The van der Waals surface area contributed by atoms with Gasteiger partial charge in [-0.05, 0) is 106 Å². The van der Waals surface area contributed by atoms with Gasteiger partial charge >= 0.3 is 0 Å². The summed E-state index contributed by atoms with van der Waals surface area (Å²) in [6.07, 6.45) is 13.3. The summed E-state index contributed by atoms with van der Waals surface area (Å²) in [4.78, 5) is 0. The van der Waals surface area contributed by atoms with Crippen molar-refractivity contribution in [2.75, 3.05) is 6.61 Å². The molecule has 3 aliphatic rings. The average Bonchev–Trinajstić information content (AvgIpc) is 2.68. The molecule has 0 aromatic heterocycles. The summed E-state index contributed by atoms with van der Waals surface area (Å²) in [5, 5.41) is 0. The molecule has 3 aliphatic carbocycles. The first-order valence-electron chi connectivity index (χ1n) is 11.3. The van der Waals surface area contributed by atoms with Crippen molar-refractivity contribution in [1.29, 1.82) is 0 Å². The fraction of sp³-hybridized carbons (Fsp3) is 0.680. The van der Waals surface area contributed by atoms with E-state index >= 15 is 4.39 Å². The van der Waals surface area contributed by atoms with E-state index in [1.54, 1.807) is 6.07 Å². The highest BCUT2D eigenvalue weighted by molar-refractivity contribution is 5.39. The maximum atomic E-state index is 15.3. The van der Waals surface area contributed by atoms with Crippen molar-refractivity contribution in [1.82, 2.24) is 0 Å². The lowest BCUT2D eigenvalue weighted by Gasteiger charge is -2.42. The monoisotopic (exact) mass is 388 g/mol. The van der Waals surface area contributed by atoms with Gasteiger partial charge in [-0.3, -0.25) is 0 Å². The minimum Gasteiger partial charge on any atom is -0.374 e. The zero-order valence-electron chi connectivity index (χ0n) is 17.4. The molecule has 4 rings (SSSR count). The van der Waals surface area contributed by atoms with E-state index in [0.717, 1.165) is 68.9 Å². The molecular formula is C25H34F2O. The summed E-state index contributed by atoms with van der Waals surface area (Å²) < 4.78 is 36.2. The molecule has 0 spiro atoms. The Morgan fingerprint density at radius 2 is 1.86 bits per heavy atom. The van der Waals surface area contributed by atoms with E-state index in [2.05, 4.69) is 13.0 Å². The van der Waals surface area contributed by atoms with Crippen LogP contribution in [0.5, 0.6) is 0 Å². The van der Waals surface area contributed by atoms with E-state index in [9.17, 15) is 4.39 Å². The molecule has 28 heavy (non-hydrogen) atoms. The Balaban J connectivity index is 1.45. The number of allylic oxidation sites excluding steroid dienone is 1. The van der Waals surface area contributed by atoms with E-state index in [1.165, 1.54) is 0 Å². The number of rotatable bonds is 4. The molecule has 5 atom stereocenters. The van der Waals surface area contributed by atoms with Crippen molar-refractivity contribution in [3.05, 3.63) is 46.5 Å². The zero-order valence-corrected chi connectivity index (χ0v) is 17.4. The van der Waals surface area contributed by atoms with Crippen LogP contribution in [0, 0.1) is 29.4 Å². The van der Waals surface area contributed by atoms with Crippen molar-refractivity contribution in [2.45, 2.75) is 83.7 Å². The van der Waals surface area contributed by atoms with Gasteiger partial charge in [-0.2, -0.15) is 0 Å². The minimum absolute atomic E-state index is 0.0476. The molecule has 1 aromatic carbocycles. The van der Waals surface area contributed by atoms with Gasteiger partial charge < -0.3 is 4.74 Å². The lowest BCUT2D eigenvalue weighted by Crippen LogP contribution is -2.34. The van der Waals surface area contributed by atoms with Crippen LogP contribution in [0.4, 0.5) is 8.78 Å². The molecule has 2 saturated carbocycles. The Labute approximate surface area is 168 Å². The maximum absolute atomic E-state index is 15.3. The Morgan fingerprint density at radius 1 is 1.07 bits per heavy atom. The summed E-state index contributed by atoms with van der Waals surface area (Å²) in [7, 11) is 0. The summed E-state index contributed by atoms with van der Waals surface area (Å²) in [6.45, 7) is 4.89. The van der Waals surface area contributed by atoms with Crippen LogP contribution in [0.3, 0.4) is 0 Å². The molecule has 2 fully saturated rings.